The Hall–Kier alpha value is -4.92. The number of hydrogen-bond donors (Lipinski definition) is 5. The van der Waals surface area contributed by atoms with Crippen LogP contribution in [0.1, 0.15) is 53.5 Å². The summed E-state index contributed by atoms with van der Waals surface area (Å²) in [5, 5.41) is 26.6. The summed E-state index contributed by atoms with van der Waals surface area (Å²) in [5.41, 5.74) is 2.29. The second kappa shape index (κ2) is 12.3. The zero-order valence-corrected chi connectivity index (χ0v) is 22.5. The number of rotatable bonds is 10. The molecule has 0 unspecified atom stereocenters. The number of hydrogen-bond acceptors (Lipinski definition) is 6. The van der Waals surface area contributed by atoms with Gasteiger partial charge in [-0.15, -0.1) is 0 Å². The van der Waals surface area contributed by atoms with E-state index in [1.807, 2.05) is 66.7 Å². The molecule has 2 amide bonds. The van der Waals surface area contributed by atoms with E-state index < -0.39 is 35.6 Å². The first kappa shape index (κ1) is 28.1. The maximum Gasteiger partial charge on any atom is 0.244 e. The minimum Gasteiger partial charge on any atom is -0.494 e. The summed E-state index contributed by atoms with van der Waals surface area (Å²) in [4.78, 5) is 46.1. The molecular weight excluding hydrogens is 508 g/mol. The lowest BCUT2D eigenvalue weighted by Gasteiger charge is -2.24. The highest BCUT2D eigenvalue weighted by molar-refractivity contribution is 6.05. The van der Waals surface area contributed by atoms with Crippen molar-refractivity contribution < 1.29 is 24.6 Å². The van der Waals surface area contributed by atoms with Gasteiger partial charge in [-0.2, -0.15) is 0 Å². The molecule has 4 aromatic rings. The molecule has 2 heterocycles. The molecule has 5 N–H and O–H groups in total. The average molecular weight is 541 g/mol. The van der Waals surface area contributed by atoms with E-state index in [2.05, 4.69) is 20.6 Å². The molecule has 0 aliphatic heterocycles. The average Bonchev–Trinajstić information content (AvgIpc) is 3.20. The van der Waals surface area contributed by atoms with E-state index in [9.17, 15) is 24.6 Å². The predicted molar refractivity (Wildman–Crippen MR) is 153 cm³/mol. The van der Waals surface area contributed by atoms with Crippen LogP contribution in [-0.4, -0.2) is 43.8 Å². The van der Waals surface area contributed by atoms with Gasteiger partial charge in [0.25, 0.3) is 0 Å². The number of H-pyrrole nitrogens is 1. The van der Waals surface area contributed by atoms with Gasteiger partial charge in [-0.1, -0.05) is 68.4 Å². The first-order chi connectivity index (χ1) is 19.1. The van der Waals surface area contributed by atoms with Crippen LogP contribution in [0.3, 0.4) is 0 Å². The molecule has 2 aromatic carbocycles. The zero-order chi connectivity index (χ0) is 28.8. The number of nitrogens with zero attached hydrogens (tertiary/aromatic N) is 1. The highest BCUT2D eigenvalue weighted by Crippen LogP contribution is 2.30. The van der Waals surface area contributed by atoms with Crippen molar-refractivity contribution in [3.63, 3.8) is 0 Å². The lowest BCUT2D eigenvalue weighted by molar-refractivity contribution is -0.123. The minimum atomic E-state index is -0.960. The van der Waals surface area contributed by atoms with E-state index in [0.717, 1.165) is 16.5 Å². The van der Waals surface area contributed by atoms with E-state index in [1.54, 1.807) is 19.9 Å². The second-order valence-electron chi connectivity index (χ2n) is 9.91. The lowest BCUT2D eigenvalue weighted by Crippen LogP contribution is -2.45. The molecule has 2 atom stereocenters. The molecule has 0 aliphatic rings. The Kier molecular flexibility index (Phi) is 8.63. The zero-order valence-electron chi connectivity index (χ0n) is 22.5. The summed E-state index contributed by atoms with van der Waals surface area (Å²) in [6.07, 6.45) is 2.85. The van der Waals surface area contributed by atoms with Crippen molar-refractivity contribution in [3.8, 4) is 11.8 Å². The molecule has 0 saturated carbocycles. The van der Waals surface area contributed by atoms with Gasteiger partial charge in [0.2, 0.25) is 17.7 Å². The van der Waals surface area contributed by atoms with Gasteiger partial charge in [0.1, 0.15) is 0 Å². The SMILES string of the molecule is Cc1c(O)[nH]c(O)c1C(=O)[C@@H](NC(=O)C[C@H](NC(=O)C=Cc1ccc2ccccc2n1)c1ccccc1)C(C)C. The Morgan fingerprint density at radius 2 is 1.62 bits per heavy atom. The first-order valence-corrected chi connectivity index (χ1v) is 13.0. The Morgan fingerprint density at radius 3 is 2.30 bits per heavy atom. The topological polar surface area (TPSA) is 144 Å². The van der Waals surface area contributed by atoms with Crippen LogP contribution in [0, 0.1) is 12.8 Å². The fourth-order valence-electron chi connectivity index (χ4n) is 4.47. The van der Waals surface area contributed by atoms with Gasteiger partial charge in [0.15, 0.2) is 11.7 Å². The third-order valence-electron chi connectivity index (χ3n) is 6.65. The molecule has 0 fully saturated rings. The lowest BCUT2D eigenvalue weighted by atomic mass is 9.93. The van der Waals surface area contributed by atoms with Crippen LogP contribution in [0.2, 0.25) is 0 Å². The highest BCUT2D eigenvalue weighted by atomic mass is 16.3. The molecule has 0 saturated heterocycles. The monoisotopic (exact) mass is 540 g/mol. The smallest absolute Gasteiger partial charge is 0.244 e. The summed E-state index contributed by atoms with van der Waals surface area (Å²) in [6, 6.07) is 18.9. The van der Waals surface area contributed by atoms with E-state index >= 15 is 0 Å². The largest absolute Gasteiger partial charge is 0.494 e. The number of aromatic nitrogens is 2. The van der Waals surface area contributed by atoms with Gasteiger partial charge >= 0.3 is 0 Å². The van der Waals surface area contributed by atoms with Crippen molar-refractivity contribution in [3.05, 3.63) is 95.2 Å². The van der Waals surface area contributed by atoms with Crippen molar-refractivity contribution >= 4 is 34.6 Å². The summed E-state index contributed by atoms with van der Waals surface area (Å²) in [5.74, 6) is -2.47. The van der Waals surface area contributed by atoms with Crippen molar-refractivity contribution in [1.82, 2.24) is 20.6 Å². The number of benzene rings is 2. The van der Waals surface area contributed by atoms with E-state index in [0.29, 0.717) is 5.69 Å². The summed E-state index contributed by atoms with van der Waals surface area (Å²) < 4.78 is 0. The number of carbonyl (C=O) groups is 3. The van der Waals surface area contributed by atoms with Crippen LogP contribution in [0.4, 0.5) is 0 Å². The standard InChI is InChI=1S/C31H32N4O5/c1-18(2)28(29(38)27-19(3)30(39)35-31(27)40)34-26(37)17-24(20-9-5-4-6-10-20)33-25(36)16-15-22-14-13-21-11-7-8-12-23(21)32-22/h4-16,18,24,28,35,39-40H,17H2,1-3H3,(H,33,36)(H,34,37)/t24-,28-/m0/s1. The van der Waals surface area contributed by atoms with Crippen LogP contribution in [0.15, 0.2) is 72.8 Å². The number of nitrogens with one attached hydrogen (secondary N) is 3. The van der Waals surface area contributed by atoms with Gasteiger partial charge in [-0.25, -0.2) is 4.98 Å². The van der Waals surface area contributed by atoms with Crippen LogP contribution < -0.4 is 10.6 Å². The number of pyridine rings is 1. The molecule has 40 heavy (non-hydrogen) atoms. The maximum absolute atomic E-state index is 13.2. The third-order valence-corrected chi connectivity index (χ3v) is 6.65. The Morgan fingerprint density at radius 1 is 0.925 bits per heavy atom. The minimum absolute atomic E-state index is 0.0724. The van der Waals surface area contributed by atoms with Crippen LogP contribution in [-0.2, 0) is 9.59 Å². The predicted octanol–water partition coefficient (Wildman–Crippen LogP) is 4.57. The van der Waals surface area contributed by atoms with Gasteiger partial charge in [0, 0.05) is 17.0 Å². The number of Topliss-reactive ketones (excluding diaryl/α,β-unsaturated/α-hetero) is 1. The number of carbonyl (C=O) groups excluding carboxylic acids is 3. The molecular formula is C31H32N4O5. The number of aromatic amines is 1. The van der Waals surface area contributed by atoms with Crippen LogP contribution >= 0.6 is 0 Å². The molecule has 9 heteroatoms. The molecule has 206 valence electrons. The Bertz CT molecular complexity index is 1560. The fourth-order valence-corrected chi connectivity index (χ4v) is 4.47. The van der Waals surface area contributed by atoms with E-state index in [-0.39, 0.29) is 29.3 Å². The van der Waals surface area contributed by atoms with Gasteiger partial charge in [0.05, 0.1) is 35.3 Å². The summed E-state index contributed by atoms with van der Waals surface area (Å²) in [7, 11) is 0. The molecule has 2 aromatic heterocycles. The maximum atomic E-state index is 13.2. The molecule has 0 radical (unpaired) electrons. The van der Waals surface area contributed by atoms with Crippen molar-refractivity contribution in [2.24, 2.45) is 5.92 Å². The number of amides is 2. The summed E-state index contributed by atoms with van der Waals surface area (Å²) in [6.45, 7) is 5.04. The van der Waals surface area contributed by atoms with Crippen molar-refractivity contribution in [2.75, 3.05) is 0 Å². The quantitative estimate of drug-likeness (QED) is 0.147. The third kappa shape index (κ3) is 6.55. The normalized spacial score (nSPS) is 12.9. The van der Waals surface area contributed by atoms with Gasteiger partial charge in [-0.05, 0) is 36.6 Å². The second-order valence-corrected chi connectivity index (χ2v) is 9.91. The summed E-state index contributed by atoms with van der Waals surface area (Å²) >= 11 is 0. The van der Waals surface area contributed by atoms with Crippen molar-refractivity contribution in [1.29, 1.82) is 0 Å². The number of ketones is 1. The van der Waals surface area contributed by atoms with Gasteiger partial charge < -0.3 is 20.8 Å². The fraction of sp³-hybridized carbons (Fsp3) is 0.226. The Balaban J connectivity index is 1.48. The molecule has 0 spiro atoms. The van der Waals surface area contributed by atoms with E-state index in [1.165, 1.54) is 13.0 Å². The highest BCUT2D eigenvalue weighted by Gasteiger charge is 2.31. The first-order valence-electron chi connectivity index (χ1n) is 13.0. The van der Waals surface area contributed by atoms with Crippen LogP contribution in [0.25, 0.3) is 17.0 Å². The molecule has 4 rings (SSSR count). The van der Waals surface area contributed by atoms with E-state index in [4.69, 9.17) is 0 Å². The molecule has 9 nitrogen and oxygen atoms in total. The number of para-hydroxylation sites is 1. The number of aromatic hydroxyl groups is 2. The van der Waals surface area contributed by atoms with Crippen LogP contribution in [0.5, 0.6) is 11.8 Å². The molecule has 0 aliphatic carbocycles. The van der Waals surface area contributed by atoms with Gasteiger partial charge in [-0.3, -0.25) is 19.4 Å². The van der Waals surface area contributed by atoms with Crippen molar-refractivity contribution in [2.45, 2.75) is 39.3 Å². The number of fused-ring (bicyclic) bond motifs is 1. The molecule has 0 bridgehead atoms. The Labute approximate surface area is 232 Å².